The molecule has 0 radical (unpaired) electrons. The van der Waals surface area contributed by atoms with E-state index in [2.05, 4.69) is 15.5 Å². The van der Waals surface area contributed by atoms with Gasteiger partial charge in [-0.1, -0.05) is 30.0 Å². The number of ether oxygens (including phenoxy) is 2. The van der Waals surface area contributed by atoms with Gasteiger partial charge in [0.15, 0.2) is 11.0 Å². The number of nitrogens with zero attached hydrogens (tertiary/aromatic N) is 3. The molecule has 1 heterocycles. The first-order valence-corrected chi connectivity index (χ1v) is 9.89. The van der Waals surface area contributed by atoms with Crippen molar-refractivity contribution in [3.63, 3.8) is 0 Å². The van der Waals surface area contributed by atoms with Crippen LogP contribution in [0.25, 0.3) is 5.69 Å². The van der Waals surface area contributed by atoms with Gasteiger partial charge >= 0.3 is 6.03 Å². The second-order valence-electron chi connectivity index (χ2n) is 6.15. The Hall–Kier alpha value is -3.53. The molecule has 3 aromatic rings. The van der Waals surface area contributed by atoms with Gasteiger partial charge in [-0.25, -0.2) is 4.79 Å². The van der Waals surface area contributed by atoms with E-state index in [1.165, 1.54) is 0 Å². The zero-order valence-corrected chi connectivity index (χ0v) is 17.3. The summed E-state index contributed by atoms with van der Waals surface area (Å²) in [5, 5.41) is 10.4. The van der Waals surface area contributed by atoms with Crippen LogP contribution in [0.5, 0.6) is 11.5 Å². The quantitative estimate of drug-likeness (QED) is 0.530. The van der Waals surface area contributed by atoms with Crippen molar-refractivity contribution in [2.24, 2.45) is 5.73 Å². The van der Waals surface area contributed by atoms with Gasteiger partial charge in [0.25, 0.3) is 0 Å². The van der Waals surface area contributed by atoms with Gasteiger partial charge in [-0.2, -0.15) is 0 Å². The number of primary amides is 1. The lowest BCUT2D eigenvalue weighted by atomic mass is 10.3. The minimum Gasteiger partial charge on any atom is -0.497 e. The molecule has 0 bridgehead atoms. The van der Waals surface area contributed by atoms with Crippen molar-refractivity contribution in [2.75, 3.05) is 7.11 Å². The zero-order valence-electron chi connectivity index (χ0n) is 16.4. The fourth-order valence-electron chi connectivity index (χ4n) is 2.56. The average molecular weight is 427 g/mol. The van der Waals surface area contributed by atoms with E-state index in [4.69, 9.17) is 15.2 Å². The van der Waals surface area contributed by atoms with Gasteiger partial charge in [0, 0.05) is 5.69 Å². The molecule has 0 saturated heterocycles. The SMILES string of the molecule is COc1ccc(OCc2nnc(SC(C)C(=O)NC(N)=O)n2-c2ccccc2)cc1. The number of benzene rings is 2. The van der Waals surface area contributed by atoms with Crippen LogP contribution in [0.1, 0.15) is 12.7 Å². The molecule has 2 aromatic carbocycles. The Bertz CT molecular complexity index is 1010. The number of thioether (sulfide) groups is 1. The Balaban J connectivity index is 1.82. The number of methoxy groups -OCH3 is 1. The summed E-state index contributed by atoms with van der Waals surface area (Å²) in [4.78, 5) is 23.0. The Morgan fingerprint density at radius 3 is 2.40 bits per heavy atom. The summed E-state index contributed by atoms with van der Waals surface area (Å²) in [7, 11) is 1.60. The second-order valence-corrected chi connectivity index (χ2v) is 7.46. The van der Waals surface area contributed by atoms with E-state index < -0.39 is 17.2 Å². The smallest absolute Gasteiger partial charge is 0.318 e. The van der Waals surface area contributed by atoms with Crippen molar-refractivity contribution >= 4 is 23.7 Å². The van der Waals surface area contributed by atoms with Crippen LogP contribution < -0.4 is 20.5 Å². The summed E-state index contributed by atoms with van der Waals surface area (Å²) in [5.41, 5.74) is 5.85. The molecule has 1 aromatic heterocycles. The molecule has 0 saturated carbocycles. The number of nitrogens with one attached hydrogen (secondary N) is 1. The molecule has 1 atom stereocenters. The number of carbonyl (C=O) groups excluding carboxylic acids is 2. The molecular weight excluding hydrogens is 406 g/mol. The van der Waals surface area contributed by atoms with Gasteiger partial charge in [-0.3, -0.25) is 14.7 Å². The lowest BCUT2D eigenvalue weighted by Gasteiger charge is -2.13. The molecule has 30 heavy (non-hydrogen) atoms. The fraction of sp³-hybridized carbons (Fsp3) is 0.200. The number of aromatic nitrogens is 3. The lowest BCUT2D eigenvalue weighted by Crippen LogP contribution is -2.39. The minimum absolute atomic E-state index is 0.163. The molecule has 0 aliphatic rings. The van der Waals surface area contributed by atoms with Gasteiger partial charge in [0.1, 0.15) is 18.1 Å². The number of imide groups is 1. The van der Waals surface area contributed by atoms with Crippen molar-refractivity contribution in [3.05, 3.63) is 60.4 Å². The highest BCUT2D eigenvalue weighted by atomic mass is 32.2. The van der Waals surface area contributed by atoms with Crippen LogP contribution in [0.2, 0.25) is 0 Å². The molecule has 0 spiro atoms. The molecule has 3 rings (SSSR count). The predicted octanol–water partition coefficient (Wildman–Crippen LogP) is 2.53. The molecule has 3 amide bonds. The van der Waals surface area contributed by atoms with Gasteiger partial charge < -0.3 is 15.2 Å². The summed E-state index contributed by atoms with van der Waals surface area (Å²) in [6.07, 6.45) is 0. The number of carbonyl (C=O) groups is 2. The fourth-order valence-corrected chi connectivity index (χ4v) is 3.45. The van der Waals surface area contributed by atoms with Gasteiger partial charge in [0.2, 0.25) is 5.91 Å². The molecule has 3 N–H and O–H groups in total. The molecule has 156 valence electrons. The Kier molecular flexibility index (Phi) is 6.91. The largest absolute Gasteiger partial charge is 0.497 e. The topological polar surface area (TPSA) is 121 Å². The van der Waals surface area contributed by atoms with Crippen molar-refractivity contribution in [1.29, 1.82) is 0 Å². The molecule has 0 fully saturated rings. The van der Waals surface area contributed by atoms with Gasteiger partial charge in [0.05, 0.1) is 12.4 Å². The summed E-state index contributed by atoms with van der Waals surface area (Å²) >= 11 is 1.16. The standard InChI is InChI=1S/C20H21N5O4S/c1-13(18(26)22-19(21)27)30-20-24-23-17(25(20)14-6-4-3-5-7-14)12-29-16-10-8-15(28-2)9-11-16/h3-11,13H,12H2,1-2H3,(H3,21,22,26,27). The summed E-state index contributed by atoms with van der Waals surface area (Å²) < 4.78 is 12.8. The summed E-state index contributed by atoms with van der Waals surface area (Å²) in [5.74, 6) is 1.44. The van der Waals surface area contributed by atoms with E-state index in [1.54, 1.807) is 38.3 Å². The van der Waals surface area contributed by atoms with Crippen LogP contribution in [-0.4, -0.2) is 39.1 Å². The summed E-state index contributed by atoms with van der Waals surface area (Å²) in [6.45, 7) is 1.82. The highest BCUT2D eigenvalue weighted by molar-refractivity contribution is 8.00. The van der Waals surface area contributed by atoms with Crippen LogP contribution in [0.15, 0.2) is 59.8 Å². The maximum atomic E-state index is 12.1. The lowest BCUT2D eigenvalue weighted by molar-refractivity contribution is -0.119. The number of urea groups is 1. The number of nitrogens with two attached hydrogens (primary N) is 1. The molecule has 1 unspecified atom stereocenters. The molecular formula is C20H21N5O4S. The van der Waals surface area contributed by atoms with E-state index in [-0.39, 0.29) is 6.61 Å². The number of amides is 3. The second kappa shape index (κ2) is 9.79. The maximum Gasteiger partial charge on any atom is 0.318 e. The van der Waals surface area contributed by atoms with E-state index in [0.717, 1.165) is 23.2 Å². The molecule has 0 aliphatic heterocycles. The third-order valence-electron chi connectivity index (χ3n) is 4.04. The zero-order chi connectivity index (χ0) is 21.5. The monoisotopic (exact) mass is 427 g/mol. The summed E-state index contributed by atoms with van der Waals surface area (Å²) in [6, 6.07) is 15.8. The van der Waals surface area contributed by atoms with Crippen LogP contribution in [0.4, 0.5) is 4.79 Å². The van der Waals surface area contributed by atoms with Gasteiger partial charge in [-0.15, -0.1) is 10.2 Å². The van der Waals surface area contributed by atoms with Crippen LogP contribution in [-0.2, 0) is 11.4 Å². The molecule has 9 nitrogen and oxygen atoms in total. The maximum absolute atomic E-state index is 12.1. The average Bonchev–Trinajstić information content (AvgIpc) is 3.15. The van der Waals surface area contributed by atoms with Gasteiger partial charge in [-0.05, 0) is 43.3 Å². The van der Waals surface area contributed by atoms with E-state index in [1.807, 2.05) is 34.9 Å². The number of hydrogen-bond acceptors (Lipinski definition) is 7. The predicted molar refractivity (Wildman–Crippen MR) is 112 cm³/mol. The third kappa shape index (κ3) is 5.29. The first kappa shape index (κ1) is 21.2. The number of para-hydroxylation sites is 1. The third-order valence-corrected chi connectivity index (χ3v) is 5.08. The van der Waals surface area contributed by atoms with E-state index in [9.17, 15) is 9.59 Å². The Morgan fingerprint density at radius 1 is 1.10 bits per heavy atom. The Labute approximate surface area is 177 Å². The number of rotatable bonds is 8. The molecule has 0 aliphatic carbocycles. The van der Waals surface area contributed by atoms with Crippen molar-refractivity contribution in [3.8, 4) is 17.2 Å². The highest BCUT2D eigenvalue weighted by Gasteiger charge is 2.22. The van der Waals surface area contributed by atoms with Crippen LogP contribution in [0, 0.1) is 0 Å². The first-order chi connectivity index (χ1) is 14.5. The molecule has 10 heteroatoms. The van der Waals surface area contributed by atoms with Crippen LogP contribution in [0.3, 0.4) is 0 Å². The van der Waals surface area contributed by atoms with E-state index >= 15 is 0 Å². The number of hydrogen-bond donors (Lipinski definition) is 2. The first-order valence-electron chi connectivity index (χ1n) is 9.01. The normalized spacial score (nSPS) is 11.5. The van der Waals surface area contributed by atoms with Crippen molar-refractivity contribution < 1.29 is 19.1 Å². The van der Waals surface area contributed by atoms with E-state index in [0.29, 0.717) is 16.7 Å². The van der Waals surface area contributed by atoms with Crippen molar-refractivity contribution in [2.45, 2.75) is 23.9 Å². The van der Waals surface area contributed by atoms with Crippen molar-refractivity contribution in [1.82, 2.24) is 20.1 Å². The Morgan fingerprint density at radius 2 is 1.77 bits per heavy atom. The minimum atomic E-state index is -0.898. The van der Waals surface area contributed by atoms with Crippen LogP contribution >= 0.6 is 11.8 Å². The highest BCUT2D eigenvalue weighted by Crippen LogP contribution is 2.26.